The number of halogens is 1. The van der Waals surface area contributed by atoms with Crippen LogP contribution in [0.5, 0.6) is 11.5 Å². The van der Waals surface area contributed by atoms with Crippen molar-refractivity contribution in [1.82, 2.24) is 0 Å². The van der Waals surface area contributed by atoms with Gasteiger partial charge in [0.1, 0.15) is 23.7 Å². The molecule has 0 aliphatic heterocycles. The van der Waals surface area contributed by atoms with Crippen LogP contribution in [0.2, 0.25) is 16.6 Å². The maximum atomic E-state index is 12.0. The van der Waals surface area contributed by atoms with Crippen molar-refractivity contribution >= 4 is 35.9 Å². The van der Waals surface area contributed by atoms with Gasteiger partial charge < -0.3 is 19.4 Å². The highest BCUT2D eigenvalue weighted by Gasteiger charge is 2.46. The minimum Gasteiger partial charge on any atom is -0.543 e. The third-order valence-corrected chi connectivity index (χ3v) is 12.5. The molecule has 0 heterocycles. The number of esters is 1. The van der Waals surface area contributed by atoms with Crippen molar-refractivity contribution in [1.29, 1.82) is 0 Å². The molecule has 0 aromatic heterocycles. The molecule has 0 radical (unpaired) electrons. The van der Waals surface area contributed by atoms with Crippen LogP contribution in [0.25, 0.3) is 5.53 Å². The SMILES string of the molecule is COC(=O)C(=[N+]=[N-])c1cc(Br)ccc1OCc1ccc(O[Si](C(C)C)(C(C)C)C(C)C)cc1. The number of carbonyl (C=O) groups excluding carboxylic acids is 1. The molecule has 178 valence electrons. The highest BCUT2D eigenvalue weighted by molar-refractivity contribution is 9.10. The Morgan fingerprint density at radius 2 is 1.58 bits per heavy atom. The van der Waals surface area contributed by atoms with E-state index in [2.05, 4.69) is 62.3 Å². The van der Waals surface area contributed by atoms with Crippen LogP contribution in [0, 0.1) is 0 Å². The molecule has 0 fully saturated rings. The summed E-state index contributed by atoms with van der Waals surface area (Å²) in [4.78, 5) is 15.1. The van der Waals surface area contributed by atoms with Crippen LogP contribution in [-0.4, -0.2) is 31.9 Å². The first-order valence-electron chi connectivity index (χ1n) is 11.1. The Hall–Kier alpha value is -2.41. The average Bonchev–Trinajstić information content (AvgIpc) is 2.77. The van der Waals surface area contributed by atoms with Gasteiger partial charge in [0.15, 0.2) is 0 Å². The Morgan fingerprint density at radius 3 is 2.06 bits per heavy atom. The molecule has 6 nitrogen and oxygen atoms in total. The molecule has 8 heteroatoms. The molecule has 33 heavy (non-hydrogen) atoms. The van der Waals surface area contributed by atoms with Crippen LogP contribution in [0.1, 0.15) is 52.7 Å². The lowest BCUT2D eigenvalue weighted by atomic mass is 10.1. The second-order valence-electron chi connectivity index (χ2n) is 8.93. The van der Waals surface area contributed by atoms with Crippen LogP contribution < -0.4 is 9.16 Å². The predicted octanol–water partition coefficient (Wildman–Crippen LogP) is 6.77. The van der Waals surface area contributed by atoms with Crippen LogP contribution in [0.15, 0.2) is 46.9 Å². The fourth-order valence-corrected chi connectivity index (χ4v) is 10.1. The molecule has 2 rings (SSSR count). The van der Waals surface area contributed by atoms with Crippen LogP contribution in [0.4, 0.5) is 0 Å². The minimum atomic E-state index is -2.02. The minimum absolute atomic E-state index is 0.227. The number of nitrogens with zero attached hydrogens (tertiary/aromatic N) is 2. The van der Waals surface area contributed by atoms with Gasteiger partial charge in [-0.1, -0.05) is 69.6 Å². The lowest BCUT2D eigenvalue weighted by Gasteiger charge is -2.42. The summed E-state index contributed by atoms with van der Waals surface area (Å²) in [5, 5.41) is 0. The van der Waals surface area contributed by atoms with E-state index in [0.29, 0.717) is 32.4 Å². The third-order valence-electron chi connectivity index (χ3n) is 5.99. The quantitative estimate of drug-likeness (QED) is 0.111. The first-order valence-corrected chi connectivity index (χ1v) is 14.0. The average molecular weight is 534 g/mol. The van der Waals surface area contributed by atoms with Gasteiger partial charge in [0, 0.05) is 4.47 Å². The van der Waals surface area contributed by atoms with E-state index in [0.717, 1.165) is 11.3 Å². The van der Waals surface area contributed by atoms with Crippen molar-refractivity contribution in [2.45, 2.75) is 64.8 Å². The van der Waals surface area contributed by atoms with Crippen LogP contribution >= 0.6 is 15.9 Å². The fraction of sp³-hybridized carbons (Fsp3) is 0.440. The Balaban J connectivity index is 2.22. The molecular weight excluding hydrogens is 500 g/mol. The second-order valence-corrected chi connectivity index (χ2v) is 15.2. The summed E-state index contributed by atoms with van der Waals surface area (Å²) in [6.45, 7) is 13.9. The van der Waals surface area contributed by atoms with E-state index in [1.807, 2.05) is 24.3 Å². The lowest BCUT2D eigenvalue weighted by molar-refractivity contribution is -0.137. The molecule has 0 saturated carbocycles. The Labute approximate surface area is 206 Å². The van der Waals surface area contributed by atoms with E-state index in [-0.39, 0.29) is 12.3 Å². The Kier molecular flexibility index (Phi) is 9.46. The fourth-order valence-electron chi connectivity index (χ4n) is 4.49. The molecule has 0 unspecified atom stereocenters. The highest BCUT2D eigenvalue weighted by atomic mass is 79.9. The first-order chi connectivity index (χ1) is 15.6. The zero-order valence-electron chi connectivity index (χ0n) is 20.4. The number of rotatable bonds is 10. The van der Waals surface area contributed by atoms with Gasteiger partial charge in [0.2, 0.25) is 0 Å². The molecule has 0 aliphatic carbocycles. The van der Waals surface area contributed by atoms with Crippen LogP contribution in [-0.2, 0) is 16.1 Å². The largest absolute Gasteiger partial charge is 0.543 e. The van der Waals surface area contributed by atoms with Crippen molar-refractivity contribution in [2.75, 3.05) is 7.11 Å². The van der Waals surface area contributed by atoms with Gasteiger partial charge in [-0.3, -0.25) is 0 Å². The summed E-state index contributed by atoms with van der Waals surface area (Å²) in [7, 11) is -0.790. The van der Waals surface area contributed by atoms with Crippen LogP contribution in [0.3, 0.4) is 0 Å². The predicted molar refractivity (Wildman–Crippen MR) is 136 cm³/mol. The second kappa shape index (κ2) is 11.6. The van der Waals surface area contributed by atoms with Gasteiger partial charge in [-0.25, -0.2) is 4.79 Å². The summed E-state index contributed by atoms with van der Waals surface area (Å²) < 4.78 is 18.1. The summed E-state index contributed by atoms with van der Waals surface area (Å²) >= 11 is 3.37. The number of ether oxygens (including phenoxy) is 2. The molecule has 0 spiro atoms. The van der Waals surface area contributed by atoms with Gasteiger partial charge in [-0.05, 0) is 52.5 Å². The number of hydrogen-bond donors (Lipinski definition) is 0. The maximum Gasteiger partial charge on any atom is 0.422 e. The monoisotopic (exact) mass is 532 g/mol. The van der Waals surface area contributed by atoms with E-state index >= 15 is 0 Å². The van der Waals surface area contributed by atoms with E-state index in [1.165, 1.54) is 7.11 Å². The topological polar surface area (TPSA) is 81.2 Å². The molecule has 0 atom stereocenters. The molecule has 0 saturated heterocycles. The standard InChI is InChI=1S/C25H33BrN2O4Si/c1-16(2)33(17(3)4,18(5)6)32-21-11-8-19(9-12-21)15-31-23-13-10-20(26)14-22(23)24(28-27)25(29)30-7/h8-14,16-18H,15H2,1-7H3. The number of hydrogen-bond acceptors (Lipinski definition) is 4. The summed E-state index contributed by atoms with van der Waals surface area (Å²) in [5.41, 5.74) is 11.9. The molecule has 2 aromatic carbocycles. The summed E-state index contributed by atoms with van der Waals surface area (Å²) in [5.74, 6) is 0.531. The number of carbonyl (C=O) groups is 1. The van der Waals surface area contributed by atoms with Gasteiger partial charge in [-0.15, -0.1) is 0 Å². The van der Waals surface area contributed by atoms with Crippen molar-refractivity contribution in [3.8, 4) is 11.5 Å². The molecule has 0 bridgehead atoms. The van der Waals surface area contributed by atoms with E-state index in [9.17, 15) is 10.3 Å². The summed E-state index contributed by atoms with van der Waals surface area (Å²) in [6.07, 6.45) is 0. The van der Waals surface area contributed by atoms with Crippen molar-refractivity contribution in [3.05, 3.63) is 63.6 Å². The molecule has 0 N–H and O–H groups in total. The van der Waals surface area contributed by atoms with Crippen molar-refractivity contribution in [2.24, 2.45) is 0 Å². The Bertz CT molecular complexity index is 994. The normalized spacial score (nSPS) is 11.5. The van der Waals surface area contributed by atoms with Crippen molar-refractivity contribution in [3.63, 3.8) is 0 Å². The number of benzene rings is 2. The van der Waals surface area contributed by atoms with E-state index in [1.54, 1.807) is 18.2 Å². The zero-order valence-corrected chi connectivity index (χ0v) is 23.0. The lowest BCUT2D eigenvalue weighted by Crippen LogP contribution is -2.50. The van der Waals surface area contributed by atoms with Crippen molar-refractivity contribution < 1.29 is 23.5 Å². The van der Waals surface area contributed by atoms with Gasteiger partial charge >= 0.3 is 11.7 Å². The maximum absolute atomic E-state index is 12.0. The van der Waals surface area contributed by atoms with Gasteiger partial charge in [0.25, 0.3) is 8.32 Å². The van der Waals surface area contributed by atoms with E-state index in [4.69, 9.17) is 13.9 Å². The zero-order chi connectivity index (χ0) is 24.8. The molecule has 0 amide bonds. The first kappa shape index (κ1) is 26.8. The molecule has 2 aromatic rings. The third kappa shape index (κ3) is 6.13. The van der Waals surface area contributed by atoms with Gasteiger partial charge in [-0.2, -0.15) is 4.79 Å². The molecule has 0 aliphatic rings. The summed E-state index contributed by atoms with van der Waals surface area (Å²) in [6, 6.07) is 13.1. The van der Waals surface area contributed by atoms with E-state index < -0.39 is 14.3 Å². The highest BCUT2D eigenvalue weighted by Crippen LogP contribution is 2.42. The molecular formula is C25H33BrN2O4Si. The Morgan fingerprint density at radius 1 is 1.00 bits per heavy atom. The smallest absolute Gasteiger partial charge is 0.422 e. The number of methoxy groups -OCH3 is 1. The van der Waals surface area contributed by atoms with Gasteiger partial charge in [0.05, 0.1) is 7.11 Å².